The van der Waals surface area contributed by atoms with Crippen molar-refractivity contribution in [2.45, 2.75) is 12.6 Å². The highest BCUT2D eigenvalue weighted by Crippen LogP contribution is 2.31. The van der Waals surface area contributed by atoms with Gasteiger partial charge in [0.2, 0.25) is 5.89 Å². The zero-order valence-electron chi connectivity index (χ0n) is 10.6. The van der Waals surface area contributed by atoms with Crippen LogP contribution in [-0.4, -0.2) is 21.7 Å². The summed E-state index contributed by atoms with van der Waals surface area (Å²) in [6.07, 6.45) is -2.74. The van der Waals surface area contributed by atoms with Gasteiger partial charge < -0.3 is 15.6 Å². The molecule has 0 saturated heterocycles. The highest BCUT2D eigenvalue weighted by Gasteiger charge is 2.31. The second-order valence-electron chi connectivity index (χ2n) is 4.13. The maximum atomic E-state index is 12.7. The molecule has 112 valence electrons. The number of alkyl halides is 3. The first-order valence-corrected chi connectivity index (χ1v) is 6.29. The fraction of sp³-hybridized carbons (Fsp3) is 0.250. The highest BCUT2D eigenvalue weighted by molar-refractivity contribution is 7.80. The summed E-state index contributed by atoms with van der Waals surface area (Å²) in [5.41, 5.74) is 5.25. The molecule has 0 atom stereocenters. The van der Waals surface area contributed by atoms with Crippen molar-refractivity contribution >= 4 is 22.9 Å². The van der Waals surface area contributed by atoms with Gasteiger partial charge in [-0.3, -0.25) is 0 Å². The van der Waals surface area contributed by atoms with E-state index in [-0.39, 0.29) is 10.6 Å². The number of rotatable bonds is 5. The summed E-state index contributed by atoms with van der Waals surface area (Å²) >= 11 is 4.79. The summed E-state index contributed by atoms with van der Waals surface area (Å²) in [6, 6.07) is 3.19. The second-order valence-corrected chi connectivity index (χ2v) is 4.57. The van der Waals surface area contributed by atoms with Crippen molar-refractivity contribution < 1.29 is 17.7 Å². The quantitative estimate of drug-likeness (QED) is 0.825. The van der Waals surface area contributed by atoms with E-state index in [1.54, 1.807) is 0 Å². The van der Waals surface area contributed by atoms with Crippen LogP contribution in [-0.2, 0) is 12.6 Å². The third-order valence-corrected chi connectivity index (χ3v) is 2.89. The minimum atomic E-state index is -4.44. The average Bonchev–Trinajstić information content (AvgIpc) is 2.90. The van der Waals surface area contributed by atoms with Crippen LogP contribution >= 0.6 is 12.2 Å². The number of hydrogen-bond donors (Lipinski definition) is 2. The summed E-state index contributed by atoms with van der Waals surface area (Å²) in [7, 11) is 0. The molecule has 0 bridgehead atoms. The van der Waals surface area contributed by atoms with Gasteiger partial charge >= 0.3 is 6.18 Å². The Morgan fingerprint density at radius 2 is 2.14 bits per heavy atom. The van der Waals surface area contributed by atoms with Gasteiger partial charge in [0.15, 0.2) is 6.33 Å². The molecule has 5 nitrogen and oxygen atoms in total. The molecule has 0 amide bonds. The molecular weight excluding hydrogens is 305 g/mol. The molecule has 2 rings (SSSR count). The summed E-state index contributed by atoms with van der Waals surface area (Å²) in [5, 5.41) is 6.40. The van der Waals surface area contributed by atoms with Gasteiger partial charge in [-0.25, -0.2) is 0 Å². The lowest BCUT2D eigenvalue weighted by Gasteiger charge is -2.14. The minimum Gasteiger partial charge on any atom is -0.389 e. The average molecular weight is 316 g/mol. The number of aromatic nitrogens is 2. The molecular formula is C12H11F3N4OS. The number of nitrogens with two attached hydrogens (primary N) is 1. The summed E-state index contributed by atoms with van der Waals surface area (Å²) in [4.78, 5) is 3.72. The van der Waals surface area contributed by atoms with Crippen LogP contribution in [0.1, 0.15) is 17.0 Å². The Morgan fingerprint density at radius 1 is 1.38 bits per heavy atom. The second kappa shape index (κ2) is 6.08. The zero-order valence-corrected chi connectivity index (χ0v) is 11.5. The smallest absolute Gasteiger partial charge is 0.389 e. The standard InChI is InChI=1S/C12H11F3N4OS/c13-12(14,15)7-1-2-9(8(5-7)11(16)21)17-4-3-10-18-6-19-20-10/h1-2,5-6,17H,3-4H2,(H2,16,21). The predicted octanol–water partition coefficient (Wildman–Crippen LogP) is 2.38. The van der Waals surface area contributed by atoms with Gasteiger partial charge in [-0.05, 0) is 18.2 Å². The minimum absolute atomic E-state index is 0.110. The summed E-state index contributed by atoms with van der Waals surface area (Å²) in [5.74, 6) is 0.422. The number of anilines is 1. The topological polar surface area (TPSA) is 77.0 Å². The predicted molar refractivity (Wildman–Crippen MR) is 73.8 cm³/mol. The fourth-order valence-electron chi connectivity index (χ4n) is 1.69. The van der Waals surface area contributed by atoms with Crippen molar-refractivity contribution in [1.29, 1.82) is 0 Å². The third-order valence-electron chi connectivity index (χ3n) is 2.67. The largest absolute Gasteiger partial charge is 0.416 e. The molecule has 3 N–H and O–H groups in total. The first-order chi connectivity index (χ1) is 9.88. The Kier molecular flexibility index (Phi) is 4.41. The highest BCUT2D eigenvalue weighted by atomic mass is 32.1. The first-order valence-electron chi connectivity index (χ1n) is 5.88. The summed E-state index contributed by atoms with van der Waals surface area (Å²) in [6.45, 7) is 0.392. The molecule has 0 spiro atoms. The van der Waals surface area contributed by atoms with Gasteiger partial charge in [-0.2, -0.15) is 18.2 Å². The van der Waals surface area contributed by atoms with Crippen molar-refractivity contribution in [2.75, 3.05) is 11.9 Å². The Morgan fingerprint density at radius 3 is 2.71 bits per heavy atom. The van der Waals surface area contributed by atoms with E-state index in [1.165, 1.54) is 12.4 Å². The SMILES string of the molecule is NC(=S)c1cc(C(F)(F)F)ccc1NCCc1ncno1. The van der Waals surface area contributed by atoms with E-state index in [1.807, 2.05) is 0 Å². The molecule has 0 unspecified atom stereocenters. The van der Waals surface area contributed by atoms with Crippen LogP contribution < -0.4 is 11.1 Å². The molecule has 0 aliphatic heterocycles. The van der Waals surface area contributed by atoms with Gasteiger partial charge in [0.05, 0.1) is 5.56 Å². The van der Waals surface area contributed by atoms with Crippen molar-refractivity contribution in [1.82, 2.24) is 10.1 Å². The van der Waals surface area contributed by atoms with E-state index >= 15 is 0 Å². The number of benzene rings is 1. The molecule has 1 aromatic heterocycles. The lowest BCUT2D eigenvalue weighted by atomic mass is 10.1. The lowest BCUT2D eigenvalue weighted by Crippen LogP contribution is -2.16. The molecule has 0 fully saturated rings. The van der Waals surface area contributed by atoms with Crippen molar-refractivity contribution in [3.8, 4) is 0 Å². The van der Waals surface area contributed by atoms with Crippen LogP contribution in [0.15, 0.2) is 29.0 Å². The van der Waals surface area contributed by atoms with E-state index < -0.39 is 11.7 Å². The normalized spacial score (nSPS) is 11.4. The molecule has 9 heteroatoms. The number of nitrogens with zero attached hydrogens (tertiary/aromatic N) is 2. The number of thiocarbonyl (C=S) groups is 1. The van der Waals surface area contributed by atoms with E-state index in [0.29, 0.717) is 24.5 Å². The molecule has 1 aromatic carbocycles. The number of halogens is 3. The monoisotopic (exact) mass is 316 g/mol. The van der Waals surface area contributed by atoms with Crippen LogP contribution in [0.25, 0.3) is 0 Å². The van der Waals surface area contributed by atoms with Crippen molar-refractivity contribution in [2.24, 2.45) is 5.73 Å². The van der Waals surface area contributed by atoms with E-state index in [4.69, 9.17) is 22.5 Å². The molecule has 0 aliphatic carbocycles. The van der Waals surface area contributed by atoms with Crippen molar-refractivity contribution in [3.05, 3.63) is 41.5 Å². The van der Waals surface area contributed by atoms with Gasteiger partial charge in [0.1, 0.15) is 4.99 Å². The molecule has 1 heterocycles. The zero-order chi connectivity index (χ0) is 15.5. The molecule has 2 aromatic rings. The van der Waals surface area contributed by atoms with Gasteiger partial charge in [0.25, 0.3) is 0 Å². The van der Waals surface area contributed by atoms with Crippen LogP contribution in [0.3, 0.4) is 0 Å². The number of nitrogens with one attached hydrogen (secondary N) is 1. The van der Waals surface area contributed by atoms with Crippen LogP contribution in [0, 0.1) is 0 Å². The lowest BCUT2D eigenvalue weighted by molar-refractivity contribution is -0.137. The van der Waals surface area contributed by atoms with E-state index in [2.05, 4.69) is 15.5 Å². The first kappa shape index (κ1) is 15.2. The van der Waals surface area contributed by atoms with E-state index in [9.17, 15) is 13.2 Å². The Balaban J connectivity index is 2.13. The van der Waals surface area contributed by atoms with Gasteiger partial charge in [0, 0.05) is 24.2 Å². The molecule has 0 aliphatic rings. The fourth-order valence-corrected chi connectivity index (χ4v) is 1.86. The maximum absolute atomic E-state index is 12.7. The van der Waals surface area contributed by atoms with Crippen LogP contribution in [0.2, 0.25) is 0 Å². The van der Waals surface area contributed by atoms with E-state index in [0.717, 1.165) is 12.1 Å². The summed E-state index contributed by atoms with van der Waals surface area (Å²) < 4.78 is 42.8. The van der Waals surface area contributed by atoms with Gasteiger partial charge in [-0.15, -0.1) is 0 Å². The molecule has 21 heavy (non-hydrogen) atoms. The van der Waals surface area contributed by atoms with Gasteiger partial charge in [-0.1, -0.05) is 17.4 Å². The Labute approximate surface area is 123 Å². The van der Waals surface area contributed by atoms with Crippen LogP contribution in [0.5, 0.6) is 0 Å². The maximum Gasteiger partial charge on any atom is 0.416 e. The third kappa shape index (κ3) is 3.91. The Hall–Kier alpha value is -2.16. The Bertz CT molecular complexity index is 628. The van der Waals surface area contributed by atoms with Crippen LogP contribution in [0.4, 0.5) is 18.9 Å². The molecule has 0 radical (unpaired) electrons. The number of hydrogen-bond acceptors (Lipinski definition) is 5. The van der Waals surface area contributed by atoms with Crippen molar-refractivity contribution in [3.63, 3.8) is 0 Å². The molecule has 0 saturated carbocycles.